The van der Waals surface area contributed by atoms with Crippen molar-refractivity contribution in [1.29, 1.82) is 0 Å². The summed E-state index contributed by atoms with van der Waals surface area (Å²) in [6, 6.07) is 18.4. The van der Waals surface area contributed by atoms with Crippen molar-refractivity contribution < 1.29 is 18.7 Å². The third kappa shape index (κ3) is 5.04. The lowest BCUT2D eigenvalue weighted by Gasteiger charge is -2.30. The molecule has 4 aromatic rings. The molecule has 2 N–H and O–H groups in total. The minimum absolute atomic E-state index is 0.200. The minimum atomic E-state index is -0.251. The van der Waals surface area contributed by atoms with E-state index in [9.17, 15) is 4.79 Å². The molecule has 1 saturated carbocycles. The van der Waals surface area contributed by atoms with Crippen LogP contribution in [0.4, 0.5) is 5.82 Å². The van der Waals surface area contributed by atoms with E-state index in [0.717, 1.165) is 65.1 Å². The smallest absolute Gasteiger partial charge is 0.319 e. The summed E-state index contributed by atoms with van der Waals surface area (Å²) in [5.41, 5.74) is 3.44. The van der Waals surface area contributed by atoms with Gasteiger partial charge in [0.25, 0.3) is 0 Å². The van der Waals surface area contributed by atoms with Crippen molar-refractivity contribution in [3.8, 4) is 28.2 Å². The average Bonchev–Trinajstić information content (AvgIpc) is 3.33. The van der Waals surface area contributed by atoms with Gasteiger partial charge in [0.05, 0.1) is 26.2 Å². The predicted molar refractivity (Wildman–Crippen MR) is 139 cm³/mol. The highest BCUT2D eigenvalue weighted by molar-refractivity contribution is 6.05. The number of methoxy groups -OCH3 is 2. The van der Waals surface area contributed by atoms with Gasteiger partial charge in [-0.3, -0.25) is 4.79 Å². The van der Waals surface area contributed by atoms with Gasteiger partial charge in [-0.05, 0) is 43.4 Å². The molecule has 0 spiro atoms. The maximum Gasteiger partial charge on any atom is 0.319 e. The van der Waals surface area contributed by atoms with Crippen LogP contribution in [0.1, 0.15) is 25.7 Å². The number of anilines is 1. The molecule has 0 radical (unpaired) electrons. The number of rotatable bonds is 8. The molecule has 8 heteroatoms. The van der Waals surface area contributed by atoms with E-state index in [1.54, 1.807) is 7.11 Å². The zero-order chi connectivity index (χ0) is 24.9. The van der Waals surface area contributed by atoms with Crippen molar-refractivity contribution in [2.75, 3.05) is 26.1 Å². The second kappa shape index (κ2) is 10.8. The molecule has 36 heavy (non-hydrogen) atoms. The van der Waals surface area contributed by atoms with Crippen molar-refractivity contribution in [1.82, 2.24) is 15.3 Å². The Kier molecular flexibility index (Phi) is 7.13. The Morgan fingerprint density at radius 3 is 2.53 bits per heavy atom. The van der Waals surface area contributed by atoms with Crippen molar-refractivity contribution >= 4 is 22.9 Å². The van der Waals surface area contributed by atoms with Gasteiger partial charge in [0, 0.05) is 23.2 Å². The number of carbonyl (C=O) groups is 1. The number of furan rings is 1. The summed E-state index contributed by atoms with van der Waals surface area (Å²) in [5.74, 6) is 2.03. The fourth-order valence-electron chi connectivity index (χ4n) is 4.87. The predicted octanol–water partition coefficient (Wildman–Crippen LogP) is 5.05. The Labute approximate surface area is 210 Å². The Morgan fingerprint density at radius 2 is 1.78 bits per heavy atom. The van der Waals surface area contributed by atoms with Crippen LogP contribution in [0.2, 0.25) is 0 Å². The van der Waals surface area contributed by atoms with Gasteiger partial charge in [-0.15, -0.1) is 0 Å². The summed E-state index contributed by atoms with van der Waals surface area (Å²) in [5, 5.41) is 7.84. The average molecular weight is 487 g/mol. The highest BCUT2D eigenvalue weighted by atomic mass is 16.5. The summed E-state index contributed by atoms with van der Waals surface area (Å²) >= 11 is 0. The molecule has 2 heterocycles. The fraction of sp³-hybridized carbons (Fsp3) is 0.321. The summed E-state index contributed by atoms with van der Waals surface area (Å²) in [6.45, 7) is 0.218. The number of aromatic nitrogens is 2. The molecule has 1 fully saturated rings. The molecular weight excluding hydrogens is 456 g/mol. The number of nitrogens with one attached hydrogen (secondary N) is 2. The first-order valence-corrected chi connectivity index (χ1v) is 12.2. The summed E-state index contributed by atoms with van der Waals surface area (Å²) in [7, 11) is 3.07. The number of hydrogen-bond acceptors (Lipinski definition) is 8. The second-order valence-electron chi connectivity index (χ2n) is 8.96. The lowest BCUT2D eigenvalue weighted by Crippen LogP contribution is -2.41. The Balaban J connectivity index is 1.52. The molecule has 0 aliphatic heterocycles. The molecule has 2 aromatic heterocycles. The van der Waals surface area contributed by atoms with E-state index >= 15 is 0 Å². The molecule has 2 aromatic carbocycles. The third-order valence-electron chi connectivity index (χ3n) is 6.68. The number of benzene rings is 2. The van der Waals surface area contributed by atoms with Crippen LogP contribution >= 0.6 is 0 Å². The molecule has 8 nitrogen and oxygen atoms in total. The molecule has 186 valence electrons. The number of hydrogen-bond donors (Lipinski definition) is 2. The zero-order valence-electron chi connectivity index (χ0n) is 20.5. The molecule has 2 atom stereocenters. The molecule has 0 saturated heterocycles. The Morgan fingerprint density at radius 1 is 1.00 bits per heavy atom. The summed E-state index contributed by atoms with van der Waals surface area (Å²) < 4.78 is 16.5. The molecule has 0 bridgehead atoms. The first-order chi connectivity index (χ1) is 17.7. The van der Waals surface area contributed by atoms with Crippen LogP contribution in [0.3, 0.4) is 0 Å². The number of ether oxygens (including phenoxy) is 2. The second-order valence-corrected chi connectivity index (χ2v) is 8.96. The van der Waals surface area contributed by atoms with Crippen molar-refractivity contribution in [3.63, 3.8) is 0 Å². The van der Waals surface area contributed by atoms with Gasteiger partial charge in [-0.2, -0.15) is 0 Å². The van der Waals surface area contributed by atoms with E-state index < -0.39 is 0 Å². The van der Waals surface area contributed by atoms with Gasteiger partial charge in [-0.25, -0.2) is 9.97 Å². The van der Waals surface area contributed by atoms with Gasteiger partial charge in [0.1, 0.15) is 23.7 Å². The van der Waals surface area contributed by atoms with E-state index in [1.807, 2.05) is 54.6 Å². The lowest BCUT2D eigenvalue weighted by atomic mass is 9.90. The van der Waals surface area contributed by atoms with Gasteiger partial charge in [0.15, 0.2) is 0 Å². The number of esters is 1. The third-order valence-corrected chi connectivity index (χ3v) is 6.68. The fourth-order valence-corrected chi connectivity index (χ4v) is 4.87. The van der Waals surface area contributed by atoms with Crippen LogP contribution in [-0.2, 0) is 9.53 Å². The van der Waals surface area contributed by atoms with E-state index in [0.29, 0.717) is 5.71 Å². The maximum atomic E-state index is 11.6. The van der Waals surface area contributed by atoms with Gasteiger partial charge >= 0.3 is 5.97 Å². The van der Waals surface area contributed by atoms with Crippen molar-refractivity contribution in [2.24, 2.45) is 0 Å². The standard InChI is InChI=1S/C28H30N4O4/c1-34-22-13-11-18(12-14-22)24-25-27(32-21-10-6-9-20(15-21)29-16-23(33)35-2)30-17-31-28(25)36-26(24)19-7-4-3-5-8-19/h3-5,7-8,11-14,17,20-21,29H,6,9-10,15-16H2,1-2H3,(H,30,31,32)/t20-,21?/m1/s1. The number of carbonyl (C=O) groups excluding carboxylic acids is 1. The van der Waals surface area contributed by atoms with Crippen LogP contribution in [0.25, 0.3) is 33.6 Å². The lowest BCUT2D eigenvalue weighted by molar-refractivity contribution is -0.139. The molecule has 1 aliphatic carbocycles. The maximum absolute atomic E-state index is 11.6. The van der Waals surface area contributed by atoms with E-state index in [4.69, 9.17) is 13.9 Å². The zero-order valence-corrected chi connectivity index (χ0v) is 20.5. The summed E-state index contributed by atoms with van der Waals surface area (Å²) in [4.78, 5) is 20.7. The highest BCUT2D eigenvalue weighted by Gasteiger charge is 2.26. The molecule has 1 unspecified atom stereocenters. The van der Waals surface area contributed by atoms with Crippen LogP contribution in [0.15, 0.2) is 65.3 Å². The highest BCUT2D eigenvalue weighted by Crippen LogP contribution is 2.43. The van der Waals surface area contributed by atoms with Crippen molar-refractivity contribution in [2.45, 2.75) is 37.8 Å². The quantitative estimate of drug-likeness (QED) is 0.334. The van der Waals surface area contributed by atoms with Crippen LogP contribution < -0.4 is 15.4 Å². The van der Waals surface area contributed by atoms with E-state index in [-0.39, 0.29) is 24.6 Å². The van der Waals surface area contributed by atoms with Gasteiger partial charge in [-0.1, -0.05) is 42.5 Å². The topological polar surface area (TPSA) is 98.5 Å². The van der Waals surface area contributed by atoms with Crippen LogP contribution in [0.5, 0.6) is 5.75 Å². The van der Waals surface area contributed by atoms with Crippen LogP contribution in [0, 0.1) is 0 Å². The minimum Gasteiger partial charge on any atom is -0.497 e. The Hall–Kier alpha value is -3.91. The Bertz CT molecular complexity index is 1320. The van der Waals surface area contributed by atoms with Gasteiger partial charge < -0.3 is 24.5 Å². The van der Waals surface area contributed by atoms with Crippen LogP contribution in [-0.4, -0.2) is 48.8 Å². The number of nitrogens with zero attached hydrogens (tertiary/aromatic N) is 2. The molecule has 0 amide bonds. The SMILES string of the molecule is COC(=O)CN[C@@H]1CCCC(Nc2ncnc3oc(-c4ccccc4)c(-c4ccc(OC)cc4)c23)C1. The largest absolute Gasteiger partial charge is 0.497 e. The summed E-state index contributed by atoms with van der Waals surface area (Å²) in [6.07, 6.45) is 5.51. The van der Waals surface area contributed by atoms with Gasteiger partial charge in [0.2, 0.25) is 5.71 Å². The van der Waals surface area contributed by atoms with E-state index in [1.165, 1.54) is 13.4 Å². The van der Waals surface area contributed by atoms with E-state index in [2.05, 4.69) is 20.6 Å². The number of fused-ring (bicyclic) bond motifs is 1. The first kappa shape index (κ1) is 23.8. The molecule has 1 aliphatic rings. The molecular formula is C28H30N4O4. The van der Waals surface area contributed by atoms with Crippen molar-refractivity contribution in [3.05, 3.63) is 60.9 Å². The first-order valence-electron chi connectivity index (χ1n) is 12.2. The normalized spacial score (nSPS) is 17.6. The molecule has 5 rings (SSSR count). The monoisotopic (exact) mass is 486 g/mol.